The molecule has 2 heterocycles. The molecule has 0 unspecified atom stereocenters. The van der Waals surface area contributed by atoms with E-state index in [4.69, 9.17) is 4.74 Å². The van der Waals surface area contributed by atoms with Gasteiger partial charge in [0, 0.05) is 18.1 Å². The van der Waals surface area contributed by atoms with Gasteiger partial charge in [0.2, 0.25) is 0 Å². The number of carbonyl (C=O) groups excluding carboxylic acids is 2. The highest BCUT2D eigenvalue weighted by Gasteiger charge is 2.30. The molecule has 1 aromatic carbocycles. The number of hydrogen-bond donors (Lipinski definition) is 0. The Morgan fingerprint density at radius 3 is 2.48 bits per heavy atom. The normalized spacial score (nSPS) is 17.4. The van der Waals surface area contributed by atoms with E-state index in [9.17, 15) is 18.0 Å². The summed E-state index contributed by atoms with van der Waals surface area (Å²) in [6, 6.07) is 13.4. The molecule has 7 nitrogen and oxygen atoms in total. The molecule has 0 aliphatic carbocycles. The second kappa shape index (κ2) is 8.13. The van der Waals surface area contributed by atoms with E-state index in [1.54, 1.807) is 12.1 Å². The van der Waals surface area contributed by atoms with Crippen LogP contribution in [0.4, 0.5) is 0 Å². The van der Waals surface area contributed by atoms with E-state index in [0.717, 1.165) is 11.0 Å². The highest BCUT2D eigenvalue weighted by Crippen LogP contribution is 2.18. The van der Waals surface area contributed by atoms with Crippen molar-refractivity contribution in [3.8, 4) is 0 Å². The van der Waals surface area contributed by atoms with Gasteiger partial charge in [0.1, 0.15) is 5.69 Å². The van der Waals surface area contributed by atoms with E-state index in [0.29, 0.717) is 0 Å². The third kappa shape index (κ3) is 5.01. The molecule has 140 valence electrons. The van der Waals surface area contributed by atoms with Crippen LogP contribution in [0.1, 0.15) is 16.1 Å². The Balaban J connectivity index is 1.71. The van der Waals surface area contributed by atoms with Crippen LogP contribution in [0.5, 0.6) is 0 Å². The summed E-state index contributed by atoms with van der Waals surface area (Å²) in [6.07, 6.45) is 2.94. The molecule has 2 aromatic rings. The van der Waals surface area contributed by atoms with Gasteiger partial charge in [-0.25, -0.2) is 18.2 Å². The number of pyridine rings is 1. The lowest BCUT2D eigenvalue weighted by Crippen LogP contribution is -2.42. The fourth-order valence-corrected chi connectivity index (χ4v) is 3.99. The lowest BCUT2D eigenvalue weighted by Gasteiger charge is -2.27. The maximum absolute atomic E-state index is 12.7. The molecule has 0 bridgehead atoms. The van der Waals surface area contributed by atoms with Crippen molar-refractivity contribution in [3.05, 3.63) is 77.5 Å². The Morgan fingerprint density at radius 2 is 1.85 bits per heavy atom. The Kier molecular flexibility index (Phi) is 5.66. The molecule has 0 radical (unpaired) electrons. The number of esters is 1. The molecule has 0 saturated heterocycles. The molecule has 1 aliphatic heterocycles. The Morgan fingerprint density at radius 1 is 1.11 bits per heavy atom. The summed E-state index contributed by atoms with van der Waals surface area (Å²) in [5, 5.41) is 1.11. The Labute approximate surface area is 157 Å². The van der Waals surface area contributed by atoms with Crippen LogP contribution in [0.25, 0.3) is 0 Å². The summed E-state index contributed by atoms with van der Waals surface area (Å²) in [5.74, 6) is -1.37. The number of carbonyl (C=O) groups is 2. The van der Waals surface area contributed by atoms with Crippen LogP contribution < -0.4 is 0 Å². The maximum Gasteiger partial charge on any atom is 0.357 e. The zero-order chi connectivity index (χ0) is 19.3. The first-order valence-corrected chi connectivity index (χ1v) is 9.99. The van der Waals surface area contributed by atoms with E-state index in [1.807, 2.05) is 30.3 Å². The number of nitrogens with zero attached hydrogens (tertiary/aromatic N) is 2. The van der Waals surface area contributed by atoms with Crippen molar-refractivity contribution >= 4 is 21.7 Å². The highest BCUT2D eigenvalue weighted by atomic mass is 32.2. The van der Waals surface area contributed by atoms with E-state index in [-0.39, 0.29) is 18.0 Å². The van der Waals surface area contributed by atoms with E-state index in [2.05, 4.69) is 4.98 Å². The zero-order valence-electron chi connectivity index (χ0n) is 14.4. The molecule has 8 heteroatoms. The van der Waals surface area contributed by atoms with Crippen LogP contribution in [-0.4, -0.2) is 48.6 Å². The number of sulfone groups is 1. The van der Waals surface area contributed by atoms with Crippen molar-refractivity contribution in [2.75, 3.05) is 12.4 Å². The second-order valence-electron chi connectivity index (χ2n) is 6.02. The molecule has 1 aliphatic rings. The minimum atomic E-state index is -3.33. The Bertz CT molecular complexity index is 943. The fraction of sp³-hybridized carbons (Fsp3) is 0.211. The van der Waals surface area contributed by atoms with Crippen molar-refractivity contribution in [1.82, 2.24) is 9.88 Å². The molecule has 0 fully saturated rings. The molecule has 1 aromatic heterocycles. The van der Waals surface area contributed by atoms with Crippen molar-refractivity contribution in [3.63, 3.8) is 0 Å². The molecule has 1 amide bonds. The smallest absolute Gasteiger partial charge is 0.357 e. The summed E-state index contributed by atoms with van der Waals surface area (Å²) in [7, 11) is -3.33. The van der Waals surface area contributed by atoms with E-state index >= 15 is 0 Å². The number of hydrogen-bond acceptors (Lipinski definition) is 6. The highest BCUT2D eigenvalue weighted by molar-refractivity contribution is 7.94. The number of amides is 1. The fourth-order valence-electron chi connectivity index (χ4n) is 2.69. The third-order valence-corrected chi connectivity index (χ3v) is 5.41. The summed E-state index contributed by atoms with van der Waals surface area (Å²) in [6.45, 7) is -0.280. The van der Waals surface area contributed by atoms with Crippen molar-refractivity contribution in [2.24, 2.45) is 0 Å². The first-order valence-electron chi connectivity index (χ1n) is 8.27. The summed E-state index contributed by atoms with van der Waals surface area (Å²) in [5.41, 5.74) is 0.947. The number of aromatic nitrogens is 1. The van der Waals surface area contributed by atoms with Gasteiger partial charge in [0.05, 0.1) is 11.8 Å². The molecule has 1 atom stereocenters. The summed E-state index contributed by atoms with van der Waals surface area (Å²) >= 11 is 0. The van der Waals surface area contributed by atoms with Crippen LogP contribution in [0, 0.1) is 0 Å². The second-order valence-corrected chi connectivity index (χ2v) is 7.95. The number of ether oxygens (including phenoxy) is 1. The number of benzene rings is 1. The van der Waals surface area contributed by atoms with Gasteiger partial charge in [0.25, 0.3) is 5.91 Å². The van der Waals surface area contributed by atoms with Gasteiger partial charge in [0.15, 0.2) is 16.4 Å². The largest absolute Gasteiger partial charge is 0.451 e. The minimum absolute atomic E-state index is 0.100. The van der Waals surface area contributed by atoms with Gasteiger partial charge in [-0.15, -0.1) is 0 Å². The van der Waals surface area contributed by atoms with Crippen LogP contribution in [0.15, 0.2) is 66.2 Å². The maximum atomic E-state index is 12.7. The first kappa shape index (κ1) is 18.8. The molecular formula is C19H18N2O5S. The van der Waals surface area contributed by atoms with E-state index < -0.39 is 34.4 Å². The van der Waals surface area contributed by atoms with Gasteiger partial charge >= 0.3 is 5.97 Å². The van der Waals surface area contributed by atoms with Crippen molar-refractivity contribution < 1.29 is 22.7 Å². The molecule has 0 spiro atoms. The van der Waals surface area contributed by atoms with Gasteiger partial charge in [-0.3, -0.25) is 4.79 Å². The first-order chi connectivity index (χ1) is 12.9. The molecule has 27 heavy (non-hydrogen) atoms. The topological polar surface area (TPSA) is 93.6 Å². The monoisotopic (exact) mass is 386 g/mol. The number of rotatable bonds is 6. The quantitative estimate of drug-likeness (QED) is 0.700. The van der Waals surface area contributed by atoms with Gasteiger partial charge in [-0.1, -0.05) is 36.4 Å². The SMILES string of the molecule is O=C(OCC(=O)N(Cc1ccccc1)[C@@H]1C=CS(=O)(=O)C1)c1ccccn1. The van der Waals surface area contributed by atoms with Gasteiger partial charge in [-0.05, 0) is 23.8 Å². The lowest BCUT2D eigenvalue weighted by molar-refractivity contribution is -0.136. The standard InChI is InChI=1S/C19H18N2O5S/c22-18(13-26-19(23)17-8-4-5-10-20-17)21(12-15-6-2-1-3-7-15)16-9-11-27(24,25)14-16/h1-11,16H,12-14H2/t16-/m1/s1. The Hall–Kier alpha value is -3.00. The molecular weight excluding hydrogens is 368 g/mol. The predicted molar refractivity (Wildman–Crippen MR) is 98.2 cm³/mol. The summed E-state index contributed by atoms with van der Waals surface area (Å²) in [4.78, 5) is 30.0. The molecule has 3 rings (SSSR count). The zero-order valence-corrected chi connectivity index (χ0v) is 15.2. The average molecular weight is 386 g/mol. The van der Waals surface area contributed by atoms with Crippen LogP contribution in [0.2, 0.25) is 0 Å². The van der Waals surface area contributed by atoms with Crippen molar-refractivity contribution in [1.29, 1.82) is 0 Å². The van der Waals surface area contributed by atoms with Gasteiger partial charge in [-0.2, -0.15) is 0 Å². The molecule has 0 saturated carbocycles. The van der Waals surface area contributed by atoms with Crippen LogP contribution >= 0.6 is 0 Å². The van der Waals surface area contributed by atoms with E-state index in [1.165, 1.54) is 23.2 Å². The van der Waals surface area contributed by atoms with Crippen molar-refractivity contribution in [2.45, 2.75) is 12.6 Å². The lowest BCUT2D eigenvalue weighted by atomic mass is 10.2. The minimum Gasteiger partial charge on any atom is -0.451 e. The predicted octanol–water partition coefficient (Wildman–Crippen LogP) is 1.58. The average Bonchev–Trinajstić information content (AvgIpc) is 3.05. The van der Waals surface area contributed by atoms with Crippen LogP contribution in [0.3, 0.4) is 0 Å². The summed E-state index contributed by atoms with van der Waals surface area (Å²) < 4.78 is 28.6. The third-order valence-electron chi connectivity index (χ3n) is 4.03. The van der Waals surface area contributed by atoms with Crippen LogP contribution in [-0.2, 0) is 25.9 Å². The van der Waals surface area contributed by atoms with Gasteiger partial charge < -0.3 is 9.64 Å². The molecule has 0 N–H and O–H groups in total.